The molecule has 0 radical (unpaired) electrons. The molecule has 1 aromatic carbocycles. The van der Waals surface area contributed by atoms with E-state index in [2.05, 4.69) is 15.0 Å². The second kappa shape index (κ2) is 9.80. The molecule has 2 N–H and O–H groups in total. The van der Waals surface area contributed by atoms with Gasteiger partial charge in [-0.3, -0.25) is 9.78 Å². The van der Waals surface area contributed by atoms with Gasteiger partial charge < -0.3 is 5.32 Å². The molecule has 0 atom stereocenters. The summed E-state index contributed by atoms with van der Waals surface area (Å²) in [4.78, 5) is 16.3. The maximum atomic E-state index is 12.5. The number of pyridine rings is 1. The van der Waals surface area contributed by atoms with Crippen molar-refractivity contribution in [2.75, 3.05) is 11.9 Å². The third kappa shape index (κ3) is 6.14. The Bertz CT molecular complexity index is 879. The summed E-state index contributed by atoms with van der Waals surface area (Å²) in [6.07, 6.45) is 9.64. The van der Waals surface area contributed by atoms with Gasteiger partial charge in [0.15, 0.2) is 0 Å². The SMILES string of the molecule is O=C(CC1CCCCC1)Nc1cncc(S(=O)(=O)NCCc2ccccc2)c1. The zero-order valence-corrected chi connectivity index (χ0v) is 16.7. The molecule has 0 aliphatic heterocycles. The van der Waals surface area contributed by atoms with Crippen molar-refractivity contribution in [3.63, 3.8) is 0 Å². The predicted molar refractivity (Wildman–Crippen MR) is 109 cm³/mol. The molecule has 150 valence electrons. The Kier molecular flexibility index (Phi) is 7.17. The van der Waals surface area contributed by atoms with Crippen molar-refractivity contribution in [2.45, 2.75) is 49.8 Å². The lowest BCUT2D eigenvalue weighted by Crippen LogP contribution is -2.26. The first-order valence-electron chi connectivity index (χ1n) is 9.81. The molecule has 1 amide bonds. The quantitative estimate of drug-likeness (QED) is 0.708. The summed E-state index contributed by atoms with van der Waals surface area (Å²) in [5.74, 6) is 0.341. The molecular formula is C21H27N3O3S. The molecule has 1 saturated carbocycles. The van der Waals surface area contributed by atoms with Gasteiger partial charge in [0.1, 0.15) is 4.90 Å². The van der Waals surface area contributed by atoms with Crippen LogP contribution in [0.2, 0.25) is 0 Å². The molecule has 6 nitrogen and oxygen atoms in total. The van der Waals surface area contributed by atoms with Crippen LogP contribution in [0.4, 0.5) is 5.69 Å². The number of sulfonamides is 1. The van der Waals surface area contributed by atoms with Gasteiger partial charge in [0.2, 0.25) is 15.9 Å². The Labute approximate surface area is 166 Å². The van der Waals surface area contributed by atoms with Crippen molar-refractivity contribution in [1.82, 2.24) is 9.71 Å². The van der Waals surface area contributed by atoms with Crippen LogP contribution < -0.4 is 10.0 Å². The van der Waals surface area contributed by atoms with Crippen molar-refractivity contribution >= 4 is 21.6 Å². The predicted octanol–water partition coefficient (Wildman–Crippen LogP) is 3.51. The third-order valence-electron chi connectivity index (χ3n) is 5.05. The van der Waals surface area contributed by atoms with Crippen molar-refractivity contribution in [3.05, 3.63) is 54.4 Å². The van der Waals surface area contributed by atoms with E-state index in [-0.39, 0.29) is 10.8 Å². The van der Waals surface area contributed by atoms with Crippen LogP contribution in [0.5, 0.6) is 0 Å². The summed E-state index contributed by atoms with van der Waals surface area (Å²) in [5.41, 5.74) is 1.47. The zero-order valence-electron chi connectivity index (χ0n) is 15.9. The maximum Gasteiger partial charge on any atom is 0.242 e. The fourth-order valence-electron chi connectivity index (χ4n) is 3.56. The van der Waals surface area contributed by atoms with Crippen LogP contribution in [0.15, 0.2) is 53.7 Å². The Morgan fingerprint density at radius 2 is 1.82 bits per heavy atom. The highest BCUT2D eigenvalue weighted by atomic mass is 32.2. The molecule has 1 aromatic heterocycles. The number of nitrogens with one attached hydrogen (secondary N) is 2. The summed E-state index contributed by atoms with van der Waals surface area (Å²) in [6, 6.07) is 11.1. The maximum absolute atomic E-state index is 12.5. The molecule has 0 bridgehead atoms. The van der Waals surface area contributed by atoms with Crippen LogP contribution in [-0.2, 0) is 21.2 Å². The first-order chi connectivity index (χ1) is 13.5. The topological polar surface area (TPSA) is 88.2 Å². The zero-order chi connectivity index (χ0) is 19.8. The van der Waals surface area contributed by atoms with Crippen molar-refractivity contribution in [2.24, 2.45) is 5.92 Å². The summed E-state index contributed by atoms with van der Waals surface area (Å²) < 4.78 is 27.6. The van der Waals surface area contributed by atoms with E-state index in [0.29, 0.717) is 31.0 Å². The molecular weight excluding hydrogens is 374 g/mol. The molecule has 1 heterocycles. The molecule has 1 aliphatic rings. The van der Waals surface area contributed by atoms with Crippen molar-refractivity contribution < 1.29 is 13.2 Å². The van der Waals surface area contributed by atoms with Gasteiger partial charge in [-0.05, 0) is 36.8 Å². The van der Waals surface area contributed by atoms with Gasteiger partial charge in [0, 0.05) is 19.2 Å². The Morgan fingerprint density at radius 1 is 1.07 bits per heavy atom. The monoisotopic (exact) mass is 401 g/mol. The number of aromatic nitrogens is 1. The first-order valence-corrected chi connectivity index (χ1v) is 11.3. The average molecular weight is 402 g/mol. The van der Waals surface area contributed by atoms with Crippen LogP contribution in [0.3, 0.4) is 0 Å². The molecule has 1 aliphatic carbocycles. The first kappa shape index (κ1) is 20.5. The number of anilines is 1. The molecule has 0 spiro atoms. The van der Waals surface area contributed by atoms with Gasteiger partial charge in [-0.2, -0.15) is 0 Å². The van der Waals surface area contributed by atoms with Crippen molar-refractivity contribution in [3.8, 4) is 0 Å². The van der Waals surface area contributed by atoms with Crippen LogP contribution in [0, 0.1) is 5.92 Å². The number of carbonyl (C=O) groups is 1. The standard InChI is InChI=1S/C21H27N3O3S/c25-21(13-18-9-5-2-6-10-18)24-19-14-20(16-22-15-19)28(26,27)23-12-11-17-7-3-1-4-8-17/h1,3-4,7-8,14-16,18,23H,2,5-6,9-13H2,(H,24,25). The largest absolute Gasteiger partial charge is 0.325 e. The highest BCUT2D eigenvalue weighted by Gasteiger charge is 2.18. The number of hydrogen-bond donors (Lipinski definition) is 2. The lowest BCUT2D eigenvalue weighted by Gasteiger charge is -2.20. The molecule has 0 unspecified atom stereocenters. The normalized spacial score (nSPS) is 15.3. The van der Waals surface area contributed by atoms with E-state index >= 15 is 0 Å². The minimum Gasteiger partial charge on any atom is -0.325 e. The number of rotatable bonds is 8. The fraction of sp³-hybridized carbons (Fsp3) is 0.429. The molecule has 7 heteroatoms. The van der Waals surface area contributed by atoms with Crippen LogP contribution >= 0.6 is 0 Å². The lowest BCUT2D eigenvalue weighted by atomic mass is 9.87. The Hall–Kier alpha value is -2.25. The number of benzene rings is 1. The third-order valence-corrected chi connectivity index (χ3v) is 6.48. The summed E-state index contributed by atoms with van der Waals surface area (Å²) in [5, 5.41) is 2.79. The number of carbonyl (C=O) groups excluding carboxylic acids is 1. The van der Waals surface area contributed by atoms with Crippen LogP contribution in [0.25, 0.3) is 0 Å². The summed E-state index contributed by atoms with van der Waals surface area (Å²) >= 11 is 0. The smallest absolute Gasteiger partial charge is 0.242 e. The molecule has 28 heavy (non-hydrogen) atoms. The van der Waals surface area contributed by atoms with Gasteiger partial charge in [0.25, 0.3) is 0 Å². The Morgan fingerprint density at radius 3 is 2.57 bits per heavy atom. The highest BCUT2D eigenvalue weighted by Crippen LogP contribution is 2.26. The van der Waals surface area contributed by atoms with Gasteiger partial charge >= 0.3 is 0 Å². The van der Waals surface area contributed by atoms with Crippen LogP contribution in [-0.4, -0.2) is 25.9 Å². The van der Waals surface area contributed by atoms with Gasteiger partial charge in [0.05, 0.1) is 11.9 Å². The molecule has 0 saturated heterocycles. The van der Waals surface area contributed by atoms with Crippen molar-refractivity contribution in [1.29, 1.82) is 0 Å². The highest BCUT2D eigenvalue weighted by molar-refractivity contribution is 7.89. The number of hydrogen-bond acceptors (Lipinski definition) is 4. The Balaban J connectivity index is 1.55. The van der Waals surface area contributed by atoms with E-state index in [1.165, 1.54) is 37.7 Å². The van der Waals surface area contributed by atoms with E-state index in [0.717, 1.165) is 18.4 Å². The van der Waals surface area contributed by atoms with Gasteiger partial charge in [-0.1, -0.05) is 49.6 Å². The molecule has 3 rings (SSSR count). The lowest BCUT2D eigenvalue weighted by molar-refractivity contribution is -0.117. The van der Waals surface area contributed by atoms with Gasteiger partial charge in [-0.15, -0.1) is 0 Å². The minimum atomic E-state index is -3.68. The van der Waals surface area contributed by atoms with Crippen LogP contribution in [0.1, 0.15) is 44.1 Å². The van der Waals surface area contributed by atoms with E-state index in [4.69, 9.17) is 0 Å². The second-order valence-electron chi connectivity index (χ2n) is 7.30. The summed E-state index contributed by atoms with van der Waals surface area (Å²) in [6.45, 7) is 0.296. The van der Waals surface area contributed by atoms with E-state index in [1.54, 1.807) is 0 Å². The minimum absolute atomic E-state index is 0.0519. The average Bonchev–Trinajstić information content (AvgIpc) is 2.69. The summed E-state index contributed by atoms with van der Waals surface area (Å²) in [7, 11) is -3.68. The molecule has 2 aromatic rings. The number of nitrogens with zero attached hydrogens (tertiary/aromatic N) is 1. The van der Waals surface area contributed by atoms with Gasteiger partial charge in [-0.25, -0.2) is 13.1 Å². The van der Waals surface area contributed by atoms with E-state index in [1.807, 2.05) is 30.3 Å². The van der Waals surface area contributed by atoms with E-state index < -0.39 is 10.0 Å². The second-order valence-corrected chi connectivity index (χ2v) is 9.07. The molecule has 1 fully saturated rings. The van der Waals surface area contributed by atoms with E-state index in [9.17, 15) is 13.2 Å². The number of amides is 1. The fourth-order valence-corrected chi connectivity index (χ4v) is 4.58.